The number of benzene rings is 1. The van der Waals surface area contributed by atoms with Crippen LogP contribution < -0.4 is 0 Å². The van der Waals surface area contributed by atoms with Crippen LogP contribution in [-0.2, 0) is 14.6 Å². The van der Waals surface area contributed by atoms with E-state index < -0.39 is 14.8 Å². The lowest BCUT2D eigenvalue weighted by Crippen LogP contribution is -2.40. The summed E-state index contributed by atoms with van der Waals surface area (Å²) in [5.41, 5.74) is 0.245. The topological polar surface area (TPSA) is 97.6 Å². The maximum atomic E-state index is 12.6. The molecule has 1 amide bonds. The fourth-order valence-corrected chi connectivity index (χ4v) is 4.78. The molecule has 0 spiro atoms. The van der Waals surface area contributed by atoms with Gasteiger partial charge in [-0.1, -0.05) is 31.0 Å². The van der Waals surface area contributed by atoms with E-state index in [0.29, 0.717) is 18.5 Å². The first-order valence-electron chi connectivity index (χ1n) is 8.36. The van der Waals surface area contributed by atoms with Crippen LogP contribution in [0.3, 0.4) is 0 Å². The van der Waals surface area contributed by atoms with E-state index in [1.165, 1.54) is 24.3 Å². The number of nitro benzene ring substituents is 1. The zero-order chi connectivity index (χ0) is 19.3. The van der Waals surface area contributed by atoms with Crippen molar-refractivity contribution in [1.29, 1.82) is 0 Å². The van der Waals surface area contributed by atoms with Crippen LogP contribution in [0.1, 0.15) is 31.7 Å². The first-order chi connectivity index (χ1) is 12.2. The Labute approximate surface area is 157 Å². The molecule has 1 aliphatic heterocycles. The first kappa shape index (κ1) is 20.4. The number of amides is 1. The van der Waals surface area contributed by atoms with Crippen molar-refractivity contribution in [3.63, 3.8) is 0 Å². The third-order valence-electron chi connectivity index (χ3n) is 4.27. The molecule has 1 saturated heterocycles. The van der Waals surface area contributed by atoms with Crippen LogP contribution in [0.2, 0.25) is 5.02 Å². The van der Waals surface area contributed by atoms with Crippen molar-refractivity contribution < 1.29 is 18.1 Å². The molecule has 1 aromatic carbocycles. The molecule has 0 saturated carbocycles. The molecule has 7 nitrogen and oxygen atoms in total. The minimum atomic E-state index is -3.09. The monoisotopic (exact) mass is 400 g/mol. The number of sulfone groups is 1. The lowest BCUT2D eigenvalue weighted by atomic mass is 10.1. The number of halogens is 1. The van der Waals surface area contributed by atoms with E-state index in [4.69, 9.17) is 11.6 Å². The molecule has 0 radical (unpaired) electrons. The molecule has 1 aliphatic rings. The van der Waals surface area contributed by atoms with E-state index in [1.807, 2.05) is 6.92 Å². The number of unbranched alkanes of at least 4 members (excludes halogenated alkanes) is 1. The highest BCUT2D eigenvalue weighted by molar-refractivity contribution is 7.91. The second kappa shape index (κ2) is 8.64. The molecule has 1 atom stereocenters. The maximum Gasteiger partial charge on any atom is 0.288 e. The number of rotatable bonds is 7. The minimum absolute atomic E-state index is 0.0112. The Morgan fingerprint density at radius 3 is 2.77 bits per heavy atom. The van der Waals surface area contributed by atoms with Crippen LogP contribution >= 0.6 is 11.6 Å². The number of carbonyl (C=O) groups excluding carboxylic acids is 1. The average Bonchev–Trinajstić information content (AvgIpc) is 2.94. The molecule has 26 heavy (non-hydrogen) atoms. The van der Waals surface area contributed by atoms with Gasteiger partial charge < -0.3 is 4.90 Å². The van der Waals surface area contributed by atoms with Crippen molar-refractivity contribution in [2.45, 2.75) is 32.2 Å². The third kappa shape index (κ3) is 5.28. The van der Waals surface area contributed by atoms with Gasteiger partial charge in [0.25, 0.3) is 5.69 Å². The Morgan fingerprint density at radius 2 is 2.19 bits per heavy atom. The van der Waals surface area contributed by atoms with Crippen LogP contribution in [0.5, 0.6) is 0 Å². The molecule has 0 aromatic heterocycles. The molecule has 0 aliphatic carbocycles. The largest absolute Gasteiger partial charge is 0.335 e. The van der Waals surface area contributed by atoms with Gasteiger partial charge in [0, 0.05) is 24.7 Å². The highest BCUT2D eigenvalue weighted by atomic mass is 35.5. The molecule has 0 bridgehead atoms. The van der Waals surface area contributed by atoms with Crippen molar-refractivity contribution in [3.05, 3.63) is 45.0 Å². The number of hydrogen-bond acceptors (Lipinski definition) is 5. The Kier molecular flexibility index (Phi) is 6.77. The van der Waals surface area contributed by atoms with Crippen molar-refractivity contribution in [2.24, 2.45) is 0 Å². The number of hydrogen-bond donors (Lipinski definition) is 0. The van der Waals surface area contributed by atoms with E-state index in [1.54, 1.807) is 11.0 Å². The molecule has 9 heteroatoms. The maximum absolute atomic E-state index is 12.6. The first-order valence-corrected chi connectivity index (χ1v) is 10.6. The van der Waals surface area contributed by atoms with Gasteiger partial charge in [-0.25, -0.2) is 8.42 Å². The molecule has 0 N–H and O–H groups in total. The molecule has 2 rings (SSSR count). The lowest BCUT2D eigenvalue weighted by molar-refractivity contribution is -0.384. The molecule has 1 fully saturated rings. The predicted octanol–water partition coefficient (Wildman–Crippen LogP) is 3.08. The summed E-state index contributed by atoms with van der Waals surface area (Å²) >= 11 is 5.78. The quantitative estimate of drug-likeness (QED) is 0.398. The van der Waals surface area contributed by atoms with Gasteiger partial charge >= 0.3 is 0 Å². The Hall–Kier alpha value is -1.93. The van der Waals surface area contributed by atoms with Gasteiger partial charge in [-0.2, -0.15) is 0 Å². The zero-order valence-electron chi connectivity index (χ0n) is 14.4. The van der Waals surface area contributed by atoms with Crippen molar-refractivity contribution in [1.82, 2.24) is 4.90 Å². The number of nitro groups is 1. The highest BCUT2D eigenvalue weighted by Gasteiger charge is 2.33. The van der Waals surface area contributed by atoms with Crippen molar-refractivity contribution >= 4 is 39.1 Å². The van der Waals surface area contributed by atoms with Gasteiger partial charge in [0.05, 0.1) is 16.4 Å². The van der Waals surface area contributed by atoms with E-state index in [0.717, 1.165) is 12.8 Å². The normalized spacial score (nSPS) is 18.9. The summed E-state index contributed by atoms with van der Waals surface area (Å²) < 4.78 is 23.4. The third-order valence-corrected chi connectivity index (χ3v) is 6.34. The Balaban J connectivity index is 2.17. The van der Waals surface area contributed by atoms with Crippen molar-refractivity contribution in [3.8, 4) is 0 Å². The molecule has 1 aromatic rings. The van der Waals surface area contributed by atoms with Gasteiger partial charge in [0.1, 0.15) is 5.02 Å². The van der Waals surface area contributed by atoms with Crippen LogP contribution in [0.25, 0.3) is 6.08 Å². The fourth-order valence-electron chi connectivity index (χ4n) is 2.86. The minimum Gasteiger partial charge on any atom is -0.335 e. The lowest BCUT2D eigenvalue weighted by Gasteiger charge is -2.27. The smallest absolute Gasteiger partial charge is 0.288 e. The SMILES string of the molecule is CCCCN(C(=O)/C=C/c1ccc(Cl)c([N+](=O)[O-])c1)C1CCS(=O)(=O)C1. The summed E-state index contributed by atoms with van der Waals surface area (Å²) in [6.07, 6.45) is 4.92. The average molecular weight is 401 g/mol. The van der Waals surface area contributed by atoms with Crippen LogP contribution in [0.4, 0.5) is 5.69 Å². The number of nitrogens with zero attached hydrogens (tertiary/aromatic N) is 2. The zero-order valence-corrected chi connectivity index (χ0v) is 16.0. The van der Waals surface area contributed by atoms with Crippen LogP contribution in [-0.4, -0.2) is 48.2 Å². The Morgan fingerprint density at radius 1 is 1.46 bits per heavy atom. The summed E-state index contributed by atoms with van der Waals surface area (Å²) in [5, 5.41) is 11.0. The predicted molar refractivity (Wildman–Crippen MR) is 101 cm³/mol. The van der Waals surface area contributed by atoms with E-state index in [9.17, 15) is 23.3 Å². The van der Waals surface area contributed by atoms with Gasteiger partial charge in [-0.05, 0) is 30.5 Å². The van der Waals surface area contributed by atoms with Gasteiger partial charge in [0.2, 0.25) is 5.91 Å². The molecule has 1 heterocycles. The summed E-state index contributed by atoms with van der Waals surface area (Å²) in [4.78, 5) is 24.5. The van der Waals surface area contributed by atoms with E-state index >= 15 is 0 Å². The van der Waals surface area contributed by atoms with Gasteiger partial charge in [-0.15, -0.1) is 0 Å². The molecule has 142 valence electrons. The van der Waals surface area contributed by atoms with Crippen LogP contribution in [0, 0.1) is 10.1 Å². The van der Waals surface area contributed by atoms with Gasteiger partial charge in [0.15, 0.2) is 9.84 Å². The fraction of sp³-hybridized carbons (Fsp3) is 0.471. The molecular formula is C17H21ClN2O5S. The van der Waals surface area contributed by atoms with Gasteiger partial charge in [-0.3, -0.25) is 14.9 Å². The second-order valence-electron chi connectivity index (χ2n) is 6.24. The number of carbonyl (C=O) groups is 1. The summed E-state index contributed by atoms with van der Waals surface area (Å²) in [6.45, 7) is 2.48. The van der Waals surface area contributed by atoms with E-state index in [-0.39, 0.29) is 34.2 Å². The second-order valence-corrected chi connectivity index (χ2v) is 8.88. The molecular weight excluding hydrogens is 380 g/mol. The van der Waals surface area contributed by atoms with Crippen LogP contribution in [0.15, 0.2) is 24.3 Å². The van der Waals surface area contributed by atoms with E-state index in [2.05, 4.69) is 0 Å². The molecule has 1 unspecified atom stereocenters. The standard InChI is InChI=1S/C17H21ClN2O5S/c1-2-3-9-19(14-8-10-26(24,25)12-14)17(21)7-5-13-4-6-15(18)16(11-13)20(22)23/h4-7,11,14H,2-3,8-10,12H2,1H3/b7-5+. The summed E-state index contributed by atoms with van der Waals surface area (Å²) in [5.74, 6) is -0.207. The summed E-state index contributed by atoms with van der Waals surface area (Å²) in [7, 11) is -3.09. The summed E-state index contributed by atoms with van der Waals surface area (Å²) in [6, 6.07) is 3.96. The van der Waals surface area contributed by atoms with Crippen molar-refractivity contribution in [2.75, 3.05) is 18.1 Å². The highest BCUT2D eigenvalue weighted by Crippen LogP contribution is 2.26. The Bertz CT molecular complexity index is 822.